The lowest BCUT2D eigenvalue weighted by Gasteiger charge is -2.16. The van der Waals surface area contributed by atoms with Crippen LogP contribution >= 0.6 is 0 Å². The molecule has 0 fully saturated rings. The van der Waals surface area contributed by atoms with E-state index in [0.717, 1.165) is 19.3 Å². The van der Waals surface area contributed by atoms with Crippen molar-refractivity contribution in [2.24, 2.45) is 0 Å². The molecule has 1 heteroatoms. The summed E-state index contributed by atoms with van der Waals surface area (Å²) in [5, 5.41) is 2.58. The fourth-order valence-electron chi connectivity index (χ4n) is 6.61. The summed E-state index contributed by atoms with van der Waals surface area (Å²) in [6, 6.07) is 44.2. The van der Waals surface area contributed by atoms with Gasteiger partial charge in [-0.15, -0.1) is 0 Å². The van der Waals surface area contributed by atoms with E-state index in [2.05, 4.69) is 168 Å². The van der Waals surface area contributed by atoms with Crippen molar-refractivity contribution in [3.05, 3.63) is 180 Å². The van der Waals surface area contributed by atoms with Gasteiger partial charge in [-0.05, 0) is 94.1 Å². The van der Waals surface area contributed by atoms with Crippen LogP contribution in [0.4, 0.5) is 0 Å². The Morgan fingerprint density at radius 2 is 1.20 bits per heavy atom. The van der Waals surface area contributed by atoms with E-state index in [1.165, 1.54) is 72.0 Å². The molecule has 0 radical (unpaired) electrons. The maximum absolute atomic E-state index is 2.41. The third kappa shape index (κ3) is 4.97. The smallest absolute Gasteiger partial charge is 0.0547 e. The Bertz CT molecular complexity index is 2150. The fraction of sp³-hybridized carbons (Fsp3) is 0.0698. The molecule has 2 aliphatic rings. The van der Waals surface area contributed by atoms with E-state index in [1.54, 1.807) is 0 Å². The van der Waals surface area contributed by atoms with E-state index in [4.69, 9.17) is 0 Å². The van der Waals surface area contributed by atoms with Crippen molar-refractivity contribution in [3.63, 3.8) is 0 Å². The molecule has 6 aromatic rings. The van der Waals surface area contributed by atoms with E-state index in [0.29, 0.717) is 0 Å². The van der Waals surface area contributed by atoms with Crippen LogP contribution in [0, 0.1) is 0 Å². The van der Waals surface area contributed by atoms with E-state index in [-0.39, 0.29) is 0 Å². The number of fused-ring (bicyclic) bond motifs is 3. The van der Waals surface area contributed by atoms with Crippen LogP contribution < -0.4 is 0 Å². The zero-order valence-corrected chi connectivity index (χ0v) is 24.7. The molecule has 0 saturated carbocycles. The molecule has 5 aromatic carbocycles. The standard InChI is InChI=1S/C43H33N/c1-3-11-33(12-4-1)34-18-20-35(21-19-34)36-22-24-37(25-23-36)38-26-28-42-41(30-38)40-27-17-32(16-15-31-9-7-8-10-31)29-43(40)44(42)39-13-5-2-6-14-39/h1-7,9-22,24,26-30H,8,23,25H2/b16-15+. The number of hydrogen-bond acceptors (Lipinski definition) is 0. The molecule has 210 valence electrons. The SMILES string of the molecule is C1=CC(/C=C/c2ccc3c4cc(C5=CC=C(c6ccc(-c7ccccc7)cc6)CC5)ccc4n(-c4ccccc4)c3c2)=CC1. The molecule has 0 bridgehead atoms. The van der Waals surface area contributed by atoms with Gasteiger partial charge in [-0.3, -0.25) is 0 Å². The number of benzene rings is 5. The Labute approximate surface area is 259 Å². The number of rotatable bonds is 6. The van der Waals surface area contributed by atoms with Crippen LogP contribution in [0.5, 0.6) is 0 Å². The van der Waals surface area contributed by atoms with Gasteiger partial charge in [-0.25, -0.2) is 0 Å². The molecule has 0 amide bonds. The monoisotopic (exact) mass is 563 g/mol. The van der Waals surface area contributed by atoms with Crippen LogP contribution in [0.25, 0.3) is 55.8 Å². The van der Waals surface area contributed by atoms with Crippen molar-refractivity contribution in [3.8, 4) is 16.8 Å². The van der Waals surface area contributed by atoms with Crippen LogP contribution in [-0.4, -0.2) is 4.57 Å². The second kappa shape index (κ2) is 11.4. The summed E-state index contributed by atoms with van der Waals surface area (Å²) in [4.78, 5) is 0. The normalized spacial score (nSPS) is 14.8. The Hall–Kier alpha value is -5.40. The molecule has 0 aliphatic heterocycles. The van der Waals surface area contributed by atoms with Crippen LogP contribution in [0.15, 0.2) is 163 Å². The van der Waals surface area contributed by atoms with Gasteiger partial charge < -0.3 is 4.57 Å². The quantitative estimate of drug-likeness (QED) is 0.190. The van der Waals surface area contributed by atoms with Crippen LogP contribution in [0.3, 0.4) is 0 Å². The molecule has 0 unspecified atom stereocenters. The average Bonchev–Trinajstić information content (AvgIpc) is 3.74. The van der Waals surface area contributed by atoms with Gasteiger partial charge in [-0.1, -0.05) is 134 Å². The highest BCUT2D eigenvalue weighted by Gasteiger charge is 2.16. The molecule has 1 nitrogen and oxygen atoms in total. The minimum Gasteiger partial charge on any atom is -0.309 e. The van der Waals surface area contributed by atoms with E-state index in [1.807, 2.05) is 0 Å². The summed E-state index contributed by atoms with van der Waals surface area (Å²) in [5.41, 5.74) is 14.1. The van der Waals surface area contributed by atoms with E-state index in [9.17, 15) is 0 Å². The van der Waals surface area contributed by atoms with Gasteiger partial charge >= 0.3 is 0 Å². The van der Waals surface area contributed by atoms with Crippen molar-refractivity contribution in [1.29, 1.82) is 0 Å². The maximum Gasteiger partial charge on any atom is 0.0547 e. The minimum absolute atomic E-state index is 1.03. The van der Waals surface area contributed by atoms with Gasteiger partial charge in [-0.2, -0.15) is 0 Å². The molecule has 1 heterocycles. The van der Waals surface area contributed by atoms with Gasteiger partial charge in [0.15, 0.2) is 0 Å². The van der Waals surface area contributed by atoms with Crippen molar-refractivity contribution in [1.82, 2.24) is 4.57 Å². The van der Waals surface area contributed by atoms with Crippen molar-refractivity contribution in [2.75, 3.05) is 0 Å². The van der Waals surface area contributed by atoms with Crippen molar-refractivity contribution in [2.45, 2.75) is 19.3 Å². The lowest BCUT2D eigenvalue weighted by atomic mass is 9.89. The number of nitrogens with zero attached hydrogens (tertiary/aromatic N) is 1. The predicted octanol–water partition coefficient (Wildman–Crippen LogP) is 11.6. The molecular weight excluding hydrogens is 530 g/mol. The molecule has 8 rings (SSSR count). The summed E-state index contributed by atoms with van der Waals surface area (Å²) in [6.45, 7) is 0. The highest BCUT2D eigenvalue weighted by atomic mass is 15.0. The van der Waals surface area contributed by atoms with E-state index < -0.39 is 0 Å². The number of allylic oxidation sites excluding steroid dienone is 9. The largest absolute Gasteiger partial charge is 0.309 e. The topological polar surface area (TPSA) is 4.93 Å². The lowest BCUT2D eigenvalue weighted by molar-refractivity contribution is 1.07. The summed E-state index contributed by atoms with van der Waals surface area (Å²) < 4.78 is 2.41. The van der Waals surface area contributed by atoms with Gasteiger partial charge in [0.05, 0.1) is 11.0 Å². The number of para-hydroxylation sites is 1. The fourth-order valence-corrected chi connectivity index (χ4v) is 6.61. The first-order valence-corrected chi connectivity index (χ1v) is 15.5. The third-order valence-corrected chi connectivity index (χ3v) is 8.96. The molecule has 1 aromatic heterocycles. The van der Waals surface area contributed by atoms with Crippen molar-refractivity contribution < 1.29 is 0 Å². The first-order chi connectivity index (χ1) is 21.8. The Kier molecular flexibility index (Phi) is 6.77. The van der Waals surface area contributed by atoms with Gasteiger partial charge in [0, 0.05) is 16.5 Å². The zero-order chi connectivity index (χ0) is 29.3. The van der Waals surface area contributed by atoms with Crippen LogP contribution in [0.2, 0.25) is 0 Å². The highest BCUT2D eigenvalue weighted by molar-refractivity contribution is 6.10. The predicted molar refractivity (Wildman–Crippen MR) is 189 cm³/mol. The van der Waals surface area contributed by atoms with E-state index >= 15 is 0 Å². The van der Waals surface area contributed by atoms with Gasteiger partial charge in [0.1, 0.15) is 0 Å². The Balaban J connectivity index is 1.15. The molecular formula is C43H33N. The summed E-state index contributed by atoms with van der Waals surface area (Å²) in [5.74, 6) is 0. The van der Waals surface area contributed by atoms with Gasteiger partial charge in [0.25, 0.3) is 0 Å². The zero-order valence-electron chi connectivity index (χ0n) is 24.7. The minimum atomic E-state index is 1.03. The number of aromatic nitrogens is 1. The van der Waals surface area contributed by atoms with Gasteiger partial charge in [0.2, 0.25) is 0 Å². The number of hydrogen-bond donors (Lipinski definition) is 0. The Morgan fingerprint density at radius 3 is 1.93 bits per heavy atom. The summed E-state index contributed by atoms with van der Waals surface area (Å²) >= 11 is 0. The molecule has 0 atom stereocenters. The van der Waals surface area contributed by atoms with Crippen molar-refractivity contribution >= 4 is 39.0 Å². The second-order valence-corrected chi connectivity index (χ2v) is 11.7. The molecule has 0 N–H and O–H groups in total. The molecule has 0 spiro atoms. The molecule has 0 saturated heterocycles. The summed E-state index contributed by atoms with van der Waals surface area (Å²) in [6.07, 6.45) is 18.9. The lowest BCUT2D eigenvalue weighted by Crippen LogP contribution is -1.95. The van der Waals surface area contributed by atoms with Crippen LogP contribution in [0.1, 0.15) is 36.0 Å². The van der Waals surface area contributed by atoms with Crippen LogP contribution in [-0.2, 0) is 0 Å². The Morgan fingerprint density at radius 1 is 0.523 bits per heavy atom. The average molecular weight is 564 g/mol. The molecule has 44 heavy (non-hydrogen) atoms. The molecule has 2 aliphatic carbocycles. The second-order valence-electron chi connectivity index (χ2n) is 11.7. The first-order valence-electron chi connectivity index (χ1n) is 15.5. The first kappa shape index (κ1) is 26.2. The highest BCUT2D eigenvalue weighted by Crippen LogP contribution is 2.37. The summed E-state index contributed by atoms with van der Waals surface area (Å²) in [7, 11) is 0. The third-order valence-electron chi connectivity index (χ3n) is 8.96. The maximum atomic E-state index is 2.41.